The first-order valence-corrected chi connectivity index (χ1v) is 13.7. The van der Waals surface area contributed by atoms with Crippen molar-refractivity contribution in [3.63, 3.8) is 0 Å². The predicted molar refractivity (Wildman–Crippen MR) is 148 cm³/mol. The van der Waals surface area contributed by atoms with E-state index in [9.17, 15) is 23.2 Å². The molecule has 4 rings (SSSR count). The van der Waals surface area contributed by atoms with E-state index < -0.39 is 17.7 Å². The number of carbonyl (C=O) groups is 3. The Morgan fingerprint density at radius 2 is 1.55 bits per heavy atom. The highest BCUT2D eigenvalue weighted by Crippen LogP contribution is 2.27. The average Bonchev–Trinajstić information content (AvgIpc) is 2.96. The average molecular weight is 549 g/mol. The van der Waals surface area contributed by atoms with Crippen molar-refractivity contribution >= 4 is 23.5 Å². The number of amides is 3. The maximum atomic E-state index is 13.8. The number of halogens is 2. The van der Waals surface area contributed by atoms with E-state index >= 15 is 0 Å². The predicted octanol–water partition coefficient (Wildman–Crippen LogP) is 5.69. The van der Waals surface area contributed by atoms with Gasteiger partial charge in [0.1, 0.15) is 23.5 Å². The van der Waals surface area contributed by atoms with Crippen molar-refractivity contribution in [1.29, 1.82) is 0 Å². The van der Waals surface area contributed by atoms with Crippen LogP contribution in [-0.4, -0.2) is 33.6 Å². The van der Waals surface area contributed by atoms with E-state index in [-0.39, 0.29) is 49.6 Å². The summed E-state index contributed by atoms with van der Waals surface area (Å²) < 4.78 is 27.4. The smallest absolute Gasteiger partial charge is 0.247 e. The third kappa shape index (κ3) is 8.43. The summed E-state index contributed by atoms with van der Waals surface area (Å²) in [5, 5.41) is 5.80. The molecule has 1 saturated carbocycles. The minimum Gasteiger partial charge on any atom is -0.351 e. The van der Waals surface area contributed by atoms with Gasteiger partial charge in [0, 0.05) is 31.6 Å². The summed E-state index contributed by atoms with van der Waals surface area (Å²) in [6.45, 7) is 0.0410. The molecule has 1 atom stereocenters. The first-order chi connectivity index (χ1) is 19.4. The van der Waals surface area contributed by atoms with Crippen LogP contribution >= 0.6 is 0 Å². The second kappa shape index (κ2) is 14.3. The fourth-order valence-electron chi connectivity index (χ4n) is 4.94. The summed E-state index contributed by atoms with van der Waals surface area (Å²) in [6, 6.07) is 15.4. The zero-order valence-corrected chi connectivity index (χ0v) is 22.3. The van der Waals surface area contributed by atoms with Crippen LogP contribution in [0.1, 0.15) is 68.5 Å². The second-order valence-corrected chi connectivity index (χ2v) is 10.1. The molecule has 3 aromatic rings. The van der Waals surface area contributed by atoms with E-state index in [1.54, 1.807) is 36.5 Å². The van der Waals surface area contributed by atoms with Crippen molar-refractivity contribution in [2.24, 2.45) is 0 Å². The lowest BCUT2D eigenvalue weighted by Gasteiger charge is -2.33. The highest BCUT2D eigenvalue weighted by molar-refractivity contribution is 5.91. The van der Waals surface area contributed by atoms with Crippen molar-refractivity contribution < 1.29 is 23.2 Å². The molecule has 2 aromatic carbocycles. The molecule has 0 bridgehead atoms. The van der Waals surface area contributed by atoms with E-state index in [0.717, 1.165) is 32.1 Å². The molecule has 1 aromatic heterocycles. The van der Waals surface area contributed by atoms with Crippen molar-refractivity contribution in [3.05, 3.63) is 95.7 Å². The Bertz CT molecular complexity index is 1260. The third-order valence-electron chi connectivity index (χ3n) is 7.01. The molecular formula is C31H34F2N4O3. The Balaban J connectivity index is 1.54. The molecular weight excluding hydrogens is 514 g/mol. The SMILES string of the molecule is O=C(CCCC(=O)N(Cc1ccc(F)cc1)C(C(=O)NC1CCCCC1)c1ccc(F)cc1)Nc1ccccn1. The van der Waals surface area contributed by atoms with Gasteiger partial charge in [-0.2, -0.15) is 0 Å². The lowest BCUT2D eigenvalue weighted by Crippen LogP contribution is -2.46. The van der Waals surface area contributed by atoms with Crippen LogP contribution in [0.4, 0.5) is 14.6 Å². The highest BCUT2D eigenvalue weighted by Gasteiger charge is 2.33. The Kier molecular flexibility index (Phi) is 10.3. The Morgan fingerprint density at radius 3 is 2.20 bits per heavy atom. The summed E-state index contributed by atoms with van der Waals surface area (Å²) in [7, 11) is 0. The summed E-state index contributed by atoms with van der Waals surface area (Å²) in [5.41, 5.74) is 1.11. The number of carbonyl (C=O) groups excluding carboxylic acids is 3. The molecule has 1 aliphatic rings. The molecule has 1 aliphatic carbocycles. The maximum absolute atomic E-state index is 13.8. The number of hydrogen-bond acceptors (Lipinski definition) is 4. The molecule has 7 nitrogen and oxygen atoms in total. The van der Waals surface area contributed by atoms with Crippen LogP contribution in [-0.2, 0) is 20.9 Å². The van der Waals surface area contributed by atoms with Gasteiger partial charge in [0.05, 0.1) is 0 Å². The summed E-state index contributed by atoms with van der Waals surface area (Å²) >= 11 is 0. The van der Waals surface area contributed by atoms with Crippen LogP contribution in [0.2, 0.25) is 0 Å². The van der Waals surface area contributed by atoms with E-state index in [2.05, 4.69) is 15.6 Å². The fourth-order valence-corrected chi connectivity index (χ4v) is 4.94. The van der Waals surface area contributed by atoms with Gasteiger partial charge in [0.15, 0.2) is 0 Å². The number of benzene rings is 2. The number of hydrogen-bond donors (Lipinski definition) is 2. The van der Waals surface area contributed by atoms with Crippen molar-refractivity contribution in [1.82, 2.24) is 15.2 Å². The van der Waals surface area contributed by atoms with Crippen LogP contribution in [0.25, 0.3) is 0 Å². The molecule has 40 heavy (non-hydrogen) atoms. The third-order valence-corrected chi connectivity index (χ3v) is 7.01. The monoisotopic (exact) mass is 548 g/mol. The zero-order chi connectivity index (χ0) is 28.3. The first-order valence-electron chi connectivity index (χ1n) is 13.7. The number of rotatable bonds is 11. The second-order valence-electron chi connectivity index (χ2n) is 10.1. The van der Waals surface area contributed by atoms with Crippen molar-refractivity contribution in [2.45, 2.75) is 70.0 Å². The minimum absolute atomic E-state index is 0.00210. The van der Waals surface area contributed by atoms with Crippen LogP contribution in [0.3, 0.4) is 0 Å². The van der Waals surface area contributed by atoms with Gasteiger partial charge in [-0.25, -0.2) is 13.8 Å². The van der Waals surface area contributed by atoms with Crippen LogP contribution < -0.4 is 10.6 Å². The van der Waals surface area contributed by atoms with Gasteiger partial charge in [0.2, 0.25) is 17.7 Å². The largest absolute Gasteiger partial charge is 0.351 e. The zero-order valence-electron chi connectivity index (χ0n) is 22.3. The summed E-state index contributed by atoms with van der Waals surface area (Å²) in [5.74, 6) is -1.41. The van der Waals surface area contributed by atoms with Gasteiger partial charge in [-0.15, -0.1) is 0 Å². The lowest BCUT2D eigenvalue weighted by molar-refractivity contribution is -0.142. The molecule has 0 spiro atoms. The van der Waals surface area contributed by atoms with Crippen LogP contribution in [0.5, 0.6) is 0 Å². The topological polar surface area (TPSA) is 91.4 Å². The molecule has 0 radical (unpaired) electrons. The van der Waals surface area contributed by atoms with Crippen LogP contribution in [0, 0.1) is 11.6 Å². The Hall–Kier alpha value is -4.14. The Labute approximate surface area is 233 Å². The summed E-state index contributed by atoms with van der Waals surface area (Å²) in [4.78, 5) is 45.3. The van der Waals surface area contributed by atoms with E-state index in [4.69, 9.17) is 0 Å². The number of nitrogens with one attached hydrogen (secondary N) is 2. The van der Waals surface area contributed by atoms with E-state index in [0.29, 0.717) is 16.9 Å². The first kappa shape index (κ1) is 28.9. The van der Waals surface area contributed by atoms with Gasteiger partial charge in [-0.3, -0.25) is 14.4 Å². The molecule has 1 heterocycles. The Morgan fingerprint density at radius 1 is 0.875 bits per heavy atom. The fraction of sp³-hybridized carbons (Fsp3) is 0.355. The molecule has 1 unspecified atom stereocenters. The van der Waals surface area contributed by atoms with Gasteiger partial charge in [-0.1, -0.05) is 49.6 Å². The molecule has 1 fully saturated rings. The van der Waals surface area contributed by atoms with Gasteiger partial charge in [-0.05, 0) is 66.8 Å². The maximum Gasteiger partial charge on any atom is 0.247 e. The number of anilines is 1. The van der Waals surface area contributed by atoms with Crippen molar-refractivity contribution in [2.75, 3.05) is 5.32 Å². The normalized spacial score (nSPS) is 14.2. The van der Waals surface area contributed by atoms with Gasteiger partial charge < -0.3 is 15.5 Å². The standard InChI is InChI=1S/C31H34F2N4O3/c32-24-16-12-22(13-17-24)21-37(29(39)11-6-10-28(38)36-27-9-4-5-20-34-27)30(23-14-18-25(33)19-15-23)31(40)35-26-7-2-1-3-8-26/h4-5,9,12-20,26,30H,1-3,6-8,10-11,21H2,(H,35,40)(H,34,36,38). The minimum atomic E-state index is -1.03. The van der Waals surface area contributed by atoms with E-state index in [1.165, 1.54) is 41.3 Å². The van der Waals surface area contributed by atoms with Gasteiger partial charge >= 0.3 is 0 Å². The lowest BCUT2D eigenvalue weighted by atomic mass is 9.94. The number of nitrogens with zero attached hydrogens (tertiary/aromatic N) is 2. The molecule has 0 saturated heterocycles. The number of aromatic nitrogens is 1. The van der Waals surface area contributed by atoms with E-state index in [1.807, 2.05) is 0 Å². The van der Waals surface area contributed by atoms with Gasteiger partial charge in [0.25, 0.3) is 0 Å². The number of pyridine rings is 1. The van der Waals surface area contributed by atoms with Crippen LogP contribution in [0.15, 0.2) is 72.9 Å². The van der Waals surface area contributed by atoms with Crippen molar-refractivity contribution in [3.8, 4) is 0 Å². The molecule has 210 valence electrons. The summed E-state index contributed by atoms with van der Waals surface area (Å²) in [6.07, 6.45) is 6.79. The molecule has 2 N–H and O–H groups in total. The highest BCUT2D eigenvalue weighted by atomic mass is 19.1. The molecule has 0 aliphatic heterocycles. The molecule has 9 heteroatoms. The molecule has 3 amide bonds. The quantitative estimate of drug-likeness (QED) is 0.322.